The summed E-state index contributed by atoms with van der Waals surface area (Å²) in [6, 6.07) is 26.0. The van der Waals surface area contributed by atoms with E-state index >= 15 is 0 Å². The molecule has 0 aliphatic heterocycles. The molecule has 29 heavy (non-hydrogen) atoms. The molecule has 0 aliphatic carbocycles. The van der Waals surface area contributed by atoms with Crippen LogP contribution < -0.4 is 0 Å². The van der Waals surface area contributed by atoms with Crippen LogP contribution in [0, 0.1) is 0 Å². The van der Waals surface area contributed by atoms with Crippen LogP contribution in [-0.4, -0.2) is 15.8 Å². The van der Waals surface area contributed by atoms with Crippen molar-refractivity contribution in [2.75, 3.05) is 0 Å². The second-order valence-electron chi connectivity index (χ2n) is 6.93. The van der Waals surface area contributed by atoms with Crippen molar-refractivity contribution in [1.29, 1.82) is 0 Å². The number of amides is 1. The molecule has 0 bridgehead atoms. The van der Waals surface area contributed by atoms with Crippen LogP contribution in [0.25, 0.3) is 11.1 Å². The van der Waals surface area contributed by atoms with Crippen LogP contribution in [-0.2, 0) is 24.3 Å². The van der Waals surface area contributed by atoms with Gasteiger partial charge in [-0.1, -0.05) is 60.7 Å². The quantitative estimate of drug-likeness (QED) is 0.446. The van der Waals surface area contributed by atoms with Crippen LogP contribution in [0.1, 0.15) is 16.9 Å². The van der Waals surface area contributed by atoms with Crippen molar-refractivity contribution in [2.24, 2.45) is 0 Å². The average molecular weight is 382 g/mol. The minimum Gasteiger partial charge on any atom is -0.467 e. The number of rotatable bonds is 7. The van der Waals surface area contributed by atoms with Gasteiger partial charge in [-0.25, -0.2) is 0 Å². The summed E-state index contributed by atoms with van der Waals surface area (Å²) < 4.78 is 5.46. The Labute approximate surface area is 170 Å². The lowest BCUT2D eigenvalue weighted by molar-refractivity contribution is -0.132. The zero-order chi connectivity index (χ0) is 19.9. The van der Waals surface area contributed by atoms with Gasteiger partial charge in [0.1, 0.15) is 5.76 Å². The Hall–Kier alpha value is -3.66. The van der Waals surface area contributed by atoms with Crippen molar-refractivity contribution in [2.45, 2.75) is 19.5 Å². The van der Waals surface area contributed by atoms with E-state index in [1.54, 1.807) is 23.6 Å². The van der Waals surface area contributed by atoms with Gasteiger partial charge in [0, 0.05) is 18.9 Å². The number of carbonyl (C=O) groups excluding carboxylic acids is 1. The number of benzene rings is 2. The van der Waals surface area contributed by atoms with E-state index in [0.717, 1.165) is 22.5 Å². The second kappa shape index (κ2) is 9.02. The van der Waals surface area contributed by atoms with Crippen LogP contribution in [0.15, 0.2) is 102 Å². The lowest BCUT2D eigenvalue weighted by Gasteiger charge is -2.22. The standard InChI is InChI=1S/C25H22N2O2/c28-25(16-20-10-12-23(13-11-20)22-7-2-1-3-8-22)27(19-24-9-5-15-29-24)18-21-6-4-14-26-17-21/h1-15,17H,16,18-19H2. The molecule has 1 amide bonds. The molecule has 0 fully saturated rings. The smallest absolute Gasteiger partial charge is 0.227 e. The molecule has 2 aromatic carbocycles. The molecule has 0 aliphatic rings. The first-order chi connectivity index (χ1) is 14.3. The zero-order valence-corrected chi connectivity index (χ0v) is 16.1. The third-order valence-electron chi connectivity index (χ3n) is 4.79. The molecule has 4 rings (SSSR count). The monoisotopic (exact) mass is 382 g/mol. The van der Waals surface area contributed by atoms with Crippen LogP contribution in [0.3, 0.4) is 0 Å². The topological polar surface area (TPSA) is 46.3 Å². The Bertz CT molecular complexity index is 1030. The summed E-state index contributed by atoms with van der Waals surface area (Å²) in [6.45, 7) is 0.929. The summed E-state index contributed by atoms with van der Waals surface area (Å²) in [5, 5.41) is 0. The Balaban J connectivity index is 1.48. The number of aromatic nitrogens is 1. The van der Waals surface area contributed by atoms with Gasteiger partial charge in [-0.2, -0.15) is 0 Å². The molecule has 0 spiro atoms. The molecule has 144 valence electrons. The summed E-state index contributed by atoms with van der Waals surface area (Å²) in [5.41, 5.74) is 4.29. The molecule has 0 atom stereocenters. The average Bonchev–Trinajstić information content (AvgIpc) is 3.28. The predicted octanol–water partition coefficient (Wildman–Crippen LogP) is 5.11. The zero-order valence-electron chi connectivity index (χ0n) is 16.1. The highest BCUT2D eigenvalue weighted by molar-refractivity contribution is 5.79. The minimum absolute atomic E-state index is 0.0534. The highest BCUT2D eigenvalue weighted by Gasteiger charge is 2.16. The molecule has 4 nitrogen and oxygen atoms in total. The van der Waals surface area contributed by atoms with Crippen molar-refractivity contribution in [1.82, 2.24) is 9.88 Å². The largest absolute Gasteiger partial charge is 0.467 e. The Morgan fingerprint density at radius 1 is 0.793 bits per heavy atom. The number of pyridine rings is 1. The molecule has 0 radical (unpaired) electrons. The van der Waals surface area contributed by atoms with Gasteiger partial charge in [0.2, 0.25) is 5.91 Å². The van der Waals surface area contributed by atoms with Gasteiger partial charge in [0.15, 0.2) is 0 Å². The maximum absolute atomic E-state index is 13.1. The van der Waals surface area contributed by atoms with Crippen LogP contribution in [0.2, 0.25) is 0 Å². The van der Waals surface area contributed by atoms with Crippen molar-refractivity contribution >= 4 is 5.91 Å². The van der Waals surface area contributed by atoms with Crippen molar-refractivity contribution in [3.63, 3.8) is 0 Å². The fraction of sp³-hybridized carbons (Fsp3) is 0.120. The lowest BCUT2D eigenvalue weighted by atomic mass is 10.0. The fourth-order valence-corrected chi connectivity index (χ4v) is 3.27. The molecule has 4 aromatic rings. The van der Waals surface area contributed by atoms with Crippen LogP contribution in [0.4, 0.5) is 0 Å². The van der Waals surface area contributed by atoms with Gasteiger partial charge in [0.05, 0.1) is 19.2 Å². The molecule has 2 aromatic heterocycles. The van der Waals surface area contributed by atoms with E-state index in [9.17, 15) is 4.79 Å². The normalized spacial score (nSPS) is 10.6. The summed E-state index contributed by atoms with van der Waals surface area (Å²) in [7, 11) is 0. The number of furan rings is 1. The summed E-state index contributed by atoms with van der Waals surface area (Å²) in [5.74, 6) is 0.819. The van der Waals surface area contributed by atoms with Crippen LogP contribution >= 0.6 is 0 Å². The molecule has 2 heterocycles. The Morgan fingerprint density at radius 2 is 1.59 bits per heavy atom. The molecule has 0 saturated heterocycles. The van der Waals surface area contributed by atoms with E-state index in [1.807, 2.05) is 54.6 Å². The summed E-state index contributed by atoms with van der Waals surface area (Å²) >= 11 is 0. The van der Waals surface area contributed by atoms with Crippen molar-refractivity contribution in [3.8, 4) is 11.1 Å². The fourth-order valence-electron chi connectivity index (χ4n) is 3.27. The van der Waals surface area contributed by atoms with Gasteiger partial charge in [0.25, 0.3) is 0 Å². The SMILES string of the molecule is O=C(Cc1ccc(-c2ccccc2)cc1)N(Cc1cccnc1)Cc1ccco1. The van der Waals surface area contributed by atoms with E-state index in [-0.39, 0.29) is 5.91 Å². The van der Waals surface area contributed by atoms with Gasteiger partial charge in [-0.15, -0.1) is 0 Å². The first-order valence-electron chi connectivity index (χ1n) is 9.61. The lowest BCUT2D eigenvalue weighted by Crippen LogP contribution is -2.31. The third-order valence-corrected chi connectivity index (χ3v) is 4.79. The second-order valence-corrected chi connectivity index (χ2v) is 6.93. The number of nitrogens with zero attached hydrogens (tertiary/aromatic N) is 2. The van der Waals surface area contributed by atoms with Gasteiger partial charge in [-0.3, -0.25) is 9.78 Å². The molecule has 4 heteroatoms. The van der Waals surface area contributed by atoms with Gasteiger partial charge >= 0.3 is 0 Å². The van der Waals surface area contributed by atoms with E-state index in [1.165, 1.54) is 5.56 Å². The first-order valence-corrected chi connectivity index (χ1v) is 9.61. The molecular weight excluding hydrogens is 360 g/mol. The highest BCUT2D eigenvalue weighted by atomic mass is 16.3. The number of carbonyl (C=O) groups is 1. The minimum atomic E-state index is 0.0534. The molecule has 0 unspecified atom stereocenters. The van der Waals surface area contributed by atoms with E-state index in [4.69, 9.17) is 4.42 Å². The van der Waals surface area contributed by atoms with Crippen LogP contribution in [0.5, 0.6) is 0 Å². The van der Waals surface area contributed by atoms with Gasteiger partial charge in [-0.05, 0) is 40.5 Å². The molecule has 0 saturated carbocycles. The summed E-state index contributed by atoms with van der Waals surface area (Å²) in [6.07, 6.45) is 5.49. The Kier molecular flexibility index (Phi) is 5.81. The van der Waals surface area contributed by atoms with E-state index < -0.39 is 0 Å². The maximum atomic E-state index is 13.1. The number of hydrogen-bond donors (Lipinski definition) is 0. The summed E-state index contributed by atoms with van der Waals surface area (Å²) in [4.78, 5) is 19.0. The Morgan fingerprint density at radius 3 is 2.28 bits per heavy atom. The molecule has 0 N–H and O–H groups in total. The van der Waals surface area contributed by atoms with E-state index in [2.05, 4.69) is 29.2 Å². The third kappa shape index (κ3) is 4.99. The predicted molar refractivity (Wildman–Crippen MR) is 113 cm³/mol. The first kappa shape index (κ1) is 18.7. The highest BCUT2D eigenvalue weighted by Crippen LogP contribution is 2.20. The van der Waals surface area contributed by atoms with Crippen molar-refractivity contribution in [3.05, 3.63) is 114 Å². The van der Waals surface area contributed by atoms with E-state index in [0.29, 0.717) is 19.5 Å². The van der Waals surface area contributed by atoms with Gasteiger partial charge < -0.3 is 9.32 Å². The maximum Gasteiger partial charge on any atom is 0.227 e. The molecular formula is C25H22N2O2. The number of hydrogen-bond acceptors (Lipinski definition) is 3. The van der Waals surface area contributed by atoms with Crippen molar-refractivity contribution < 1.29 is 9.21 Å².